The van der Waals surface area contributed by atoms with Gasteiger partial charge >= 0.3 is 6.01 Å². The minimum absolute atomic E-state index is 0.439. The third-order valence-electron chi connectivity index (χ3n) is 5.30. The summed E-state index contributed by atoms with van der Waals surface area (Å²) in [6.45, 7) is 2.41. The number of hydrogen-bond acceptors (Lipinski definition) is 6. The van der Waals surface area contributed by atoms with Crippen molar-refractivity contribution in [2.45, 2.75) is 19.3 Å². The van der Waals surface area contributed by atoms with Gasteiger partial charge in [-0.2, -0.15) is 0 Å². The normalized spacial score (nSPS) is 16.1. The number of hydrogen-bond donors (Lipinski definition) is 0. The zero-order valence-electron chi connectivity index (χ0n) is 15.1. The molecule has 1 aliphatic carbocycles. The fourth-order valence-electron chi connectivity index (χ4n) is 3.78. The summed E-state index contributed by atoms with van der Waals surface area (Å²) in [5, 5.41) is 0. The molecule has 5 rings (SSSR count). The molecule has 6 heteroatoms. The molecule has 0 bridgehead atoms. The molecule has 0 amide bonds. The van der Waals surface area contributed by atoms with E-state index in [-0.39, 0.29) is 0 Å². The number of benzene rings is 1. The van der Waals surface area contributed by atoms with Gasteiger partial charge in [-0.15, -0.1) is 0 Å². The van der Waals surface area contributed by atoms with Crippen molar-refractivity contribution in [3.05, 3.63) is 60.2 Å². The van der Waals surface area contributed by atoms with Crippen LogP contribution in [-0.2, 0) is 12.8 Å². The van der Waals surface area contributed by atoms with E-state index < -0.39 is 0 Å². The fraction of sp³-hybridized carbons (Fsp3) is 0.333. The van der Waals surface area contributed by atoms with Crippen LogP contribution in [0.15, 0.2) is 49.1 Å². The second-order valence-electron chi connectivity index (χ2n) is 7.22. The molecule has 6 nitrogen and oxygen atoms in total. The molecule has 0 unspecified atom stereocenters. The highest BCUT2D eigenvalue weighted by atomic mass is 16.5. The molecule has 2 aliphatic rings. The zero-order valence-corrected chi connectivity index (χ0v) is 15.1. The van der Waals surface area contributed by atoms with Crippen LogP contribution >= 0.6 is 0 Å². The molecule has 0 radical (unpaired) electrons. The molecular weight excluding hydrogens is 338 g/mol. The van der Waals surface area contributed by atoms with Gasteiger partial charge in [0.05, 0.1) is 6.61 Å². The molecule has 1 aliphatic heterocycles. The fourth-order valence-corrected chi connectivity index (χ4v) is 3.78. The topological polar surface area (TPSA) is 64.0 Å². The Labute approximate surface area is 158 Å². The van der Waals surface area contributed by atoms with E-state index in [0.717, 1.165) is 24.6 Å². The van der Waals surface area contributed by atoms with E-state index in [1.54, 1.807) is 12.4 Å². The summed E-state index contributed by atoms with van der Waals surface area (Å²) < 4.78 is 5.77. The number of anilines is 1. The molecule has 3 heterocycles. The lowest BCUT2D eigenvalue weighted by molar-refractivity contribution is 0.205. The third kappa shape index (κ3) is 3.35. The maximum Gasteiger partial charge on any atom is 0.316 e. The van der Waals surface area contributed by atoms with Crippen LogP contribution in [0.25, 0.3) is 11.1 Å². The Morgan fingerprint density at radius 3 is 2.52 bits per heavy atom. The molecule has 136 valence electrons. The first-order chi connectivity index (χ1) is 13.3. The van der Waals surface area contributed by atoms with Crippen molar-refractivity contribution in [2.75, 3.05) is 24.6 Å². The van der Waals surface area contributed by atoms with Gasteiger partial charge in [-0.05, 0) is 42.0 Å². The van der Waals surface area contributed by atoms with Crippen LogP contribution < -0.4 is 9.64 Å². The quantitative estimate of drug-likeness (QED) is 0.698. The lowest BCUT2D eigenvalue weighted by atomic mass is 10.0. The van der Waals surface area contributed by atoms with E-state index in [4.69, 9.17) is 4.74 Å². The number of aromatic nitrogens is 4. The van der Waals surface area contributed by atoms with E-state index in [1.807, 2.05) is 18.5 Å². The molecule has 1 fully saturated rings. The van der Waals surface area contributed by atoms with E-state index in [0.29, 0.717) is 18.5 Å². The first-order valence-electron chi connectivity index (χ1n) is 9.44. The average molecular weight is 359 g/mol. The molecule has 1 saturated heterocycles. The molecule has 1 aromatic carbocycles. The van der Waals surface area contributed by atoms with Crippen LogP contribution in [0.1, 0.15) is 17.5 Å². The van der Waals surface area contributed by atoms with Crippen molar-refractivity contribution >= 4 is 5.95 Å². The van der Waals surface area contributed by atoms with Gasteiger partial charge in [0.25, 0.3) is 0 Å². The average Bonchev–Trinajstić information content (AvgIpc) is 3.16. The van der Waals surface area contributed by atoms with Crippen molar-refractivity contribution in [3.8, 4) is 17.1 Å². The van der Waals surface area contributed by atoms with E-state index >= 15 is 0 Å². The van der Waals surface area contributed by atoms with Crippen molar-refractivity contribution in [2.24, 2.45) is 5.92 Å². The number of fused-ring (bicyclic) bond motifs is 1. The lowest BCUT2D eigenvalue weighted by Crippen LogP contribution is -2.50. The third-order valence-corrected chi connectivity index (χ3v) is 5.30. The monoisotopic (exact) mass is 359 g/mol. The van der Waals surface area contributed by atoms with Gasteiger partial charge in [-0.3, -0.25) is 0 Å². The highest BCUT2D eigenvalue weighted by Gasteiger charge is 2.29. The maximum absolute atomic E-state index is 5.77. The van der Waals surface area contributed by atoms with Crippen LogP contribution in [0.2, 0.25) is 0 Å². The van der Waals surface area contributed by atoms with Crippen LogP contribution in [0.4, 0.5) is 5.95 Å². The Kier molecular flexibility index (Phi) is 4.16. The molecule has 27 heavy (non-hydrogen) atoms. The van der Waals surface area contributed by atoms with Gasteiger partial charge in [-0.25, -0.2) is 19.9 Å². The van der Waals surface area contributed by atoms with Gasteiger partial charge in [0.15, 0.2) is 0 Å². The Morgan fingerprint density at radius 2 is 1.70 bits per heavy atom. The molecule has 0 N–H and O–H groups in total. The van der Waals surface area contributed by atoms with Crippen molar-refractivity contribution in [1.29, 1.82) is 0 Å². The Hall–Kier alpha value is -3.02. The summed E-state index contributed by atoms with van der Waals surface area (Å²) in [6.07, 6.45) is 10.9. The van der Waals surface area contributed by atoms with Gasteiger partial charge in [0, 0.05) is 49.4 Å². The smallest absolute Gasteiger partial charge is 0.316 e. The van der Waals surface area contributed by atoms with Gasteiger partial charge in [0.2, 0.25) is 5.95 Å². The van der Waals surface area contributed by atoms with E-state index in [2.05, 4.69) is 43.0 Å². The second kappa shape index (κ2) is 6.95. The Bertz CT molecular complexity index is 923. The van der Waals surface area contributed by atoms with Crippen LogP contribution in [0, 0.1) is 5.92 Å². The summed E-state index contributed by atoms with van der Waals surface area (Å²) in [5.74, 6) is 1.23. The summed E-state index contributed by atoms with van der Waals surface area (Å²) in [5.41, 5.74) is 5.16. The second-order valence-corrected chi connectivity index (χ2v) is 7.22. The van der Waals surface area contributed by atoms with Crippen molar-refractivity contribution in [1.82, 2.24) is 19.9 Å². The molecule has 3 aromatic rings. The number of ether oxygens (including phenoxy) is 1. The highest BCUT2D eigenvalue weighted by molar-refractivity contribution is 5.63. The van der Waals surface area contributed by atoms with E-state index in [1.165, 1.54) is 36.0 Å². The zero-order chi connectivity index (χ0) is 18.1. The standard InChI is InChI=1S/C21H21N5O/c1-3-16-5-6-18(9-17(16)4-1)19-10-24-21(25-11-19)27-14-15-12-26(13-15)20-22-7-2-8-23-20/h2,5-11,15H,1,3-4,12-14H2. The minimum Gasteiger partial charge on any atom is -0.463 e. The molecule has 0 atom stereocenters. The SMILES string of the molecule is c1cnc(N2CC(COc3ncc(-c4ccc5c(c4)CCC5)cn3)C2)nc1. The van der Waals surface area contributed by atoms with E-state index in [9.17, 15) is 0 Å². The number of nitrogens with zero attached hydrogens (tertiary/aromatic N) is 5. The summed E-state index contributed by atoms with van der Waals surface area (Å²) in [4.78, 5) is 19.4. The first-order valence-corrected chi connectivity index (χ1v) is 9.44. The summed E-state index contributed by atoms with van der Waals surface area (Å²) in [7, 11) is 0. The molecular formula is C21H21N5O. The van der Waals surface area contributed by atoms with Gasteiger partial charge in [-0.1, -0.05) is 18.2 Å². The van der Waals surface area contributed by atoms with Crippen LogP contribution in [0.3, 0.4) is 0 Å². The van der Waals surface area contributed by atoms with Crippen molar-refractivity contribution in [3.63, 3.8) is 0 Å². The predicted octanol–water partition coefficient (Wildman–Crippen LogP) is 2.94. The lowest BCUT2D eigenvalue weighted by Gasteiger charge is -2.38. The summed E-state index contributed by atoms with van der Waals surface area (Å²) >= 11 is 0. The van der Waals surface area contributed by atoms with Gasteiger partial charge < -0.3 is 9.64 Å². The maximum atomic E-state index is 5.77. The number of rotatable bonds is 5. The summed E-state index contributed by atoms with van der Waals surface area (Å²) in [6, 6.07) is 8.94. The predicted molar refractivity (Wildman–Crippen MR) is 103 cm³/mol. The first kappa shape index (κ1) is 16.2. The Morgan fingerprint density at radius 1 is 0.926 bits per heavy atom. The molecule has 2 aromatic heterocycles. The Balaban J connectivity index is 1.16. The van der Waals surface area contributed by atoms with Crippen LogP contribution in [-0.4, -0.2) is 39.6 Å². The minimum atomic E-state index is 0.439. The van der Waals surface area contributed by atoms with Crippen LogP contribution in [0.5, 0.6) is 6.01 Å². The molecule has 0 spiro atoms. The number of aryl methyl sites for hydroxylation is 2. The largest absolute Gasteiger partial charge is 0.463 e. The van der Waals surface area contributed by atoms with Gasteiger partial charge in [0.1, 0.15) is 0 Å². The highest BCUT2D eigenvalue weighted by Crippen LogP contribution is 2.28. The van der Waals surface area contributed by atoms with Crippen molar-refractivity contribution < 1.29 is 4.74 Å². The molecule has 0 saturated carbocycles.